The SMILES string of the molecule is O=C1NC(c2c(CO)[nH]c3c([N+](=O)[O-])cccc23)c2cc(O)ccc21.O=C1NC(c2c(CO)[nH]c3c([N+](=O)[O-])cccc23)c2cc(O)ccc21. The number of phenolic OH excluding ortho intramolecular Hbond substituents is 2. The van der Waals surface area contributed by atoms with Gasteiger partial charge in [0.2, 0.25) is 0 Å². The van der Waals surface area contributed by atoms with Gasteiger partial charge in [-0.15, -0.1) is 0 Å². The van der Waals surface area contributed by atoms with Crippen molar-refractivity contribution in [2.45, 2.75) is 25.3 Å². The highest BCUT2D eigenvalue weighted by atomic mass is 16.6. The van der Waals surface area contributed by atoms with Crippen molar-refractivity contribution in [2.75, 3.05) is 0 Å². The molecule has 8 rings (SSSR count). The van der Waals surface area contributed by atoms with Crippen LogP contribution in [0.15, 0.2) is 72.8 Å². The number of aromatic hydroxyl groups is 2. The summed E-state index contributed by atoms with van der Waals surface area (Å²) in [7, 11) is 0. The van der Waals surface area contributed by atoms with Gasteiger partial charge in [-0.3, -0.25) is 29.8 Å². The zero-order chi connectivity index (χ0) is 35.4. The third kappa shape index (κ3) is 5.02. The molecule has 6 aromatic rings. The van der Waals surface area contributed by atoms with Gasteiger partial charge in [-0.25, -0.2) is 0 Å². The van der Waals surface area contributed by atoms with E-state index in [4.69, 9.17) is 0 Å². The first-order valence-corrected chi connectivity index (χ1v) is 15.1. The van der Waals surface area contributed by atoms with Gasteiger partial charge in [-0.2, -0.15) is 0 Å². The third-order valence-corrected chi connectivity index (χ3v) is 8.89. The number of para-hydroxylation sites is 2. The summed E-state index contributed by atoms with van der Waals surface area (Å²) in [6, 6.07) is 16.9. The van der Waals surface area contributed by atoms with Gasteiger partial charge < -0.3 is 41.0 Å². The third-order valence-electron chi connectivity index (χ3n) is 8.89. The Morgan fingerprint density at radius 3 is 1.38 bits per heavy atom. The van der Waals surface area contributed by atoms with Crippen molar-refractivity contribution in [3.8, 4) is 11.5 Å². The average molecular weight is 679 g/mol. The number of benzene rings is 4. The van der Waals surface area contributed by atoms with Gasteiger partial charge in [0.1, 0.15) is 22.5 Å². The first-order valence-electron chi connectivity index (χ1n) is 15.1. The fourth-order valence-corrected chi connectivity index (χ4v) is 6.79. The number of nitro benzene ring substituents is 2. The highest BCUT2D eigenvalue weighted by Crippen LogP contribution is 2.42. The van der Waals surface area contributed by atoms with E-state index in [1.165, 1.54) is 48.5 Å². The number of hydrogen-bond donors (Lipinski definition) is 8. The molecule has 0 saturated carbocycles. The van der Waals surface area contributed by atoms with Crippen LogP contribution in [0.3, 0.4) is 0 Å². The number of aromatic nitrogens is 2. The quantitative estimate of drug-likeness (QED) is 0.0919. The summed E-state index contributed by atoms with van der Waals surface area (Å²) in [4.78, 5) is 51.7. The molecular formula is C34H26N6O10. The maximum Gasteiger partial charge on any atom is 0.293 e. The number of amides is 2. The monoisotopic (exact) mass is 678 g/mol. The molecule has 0 radical (unpaired) electrons. The van der Waals surface area contributed by atoms with Crippen LogP contribution in [0.25, 0.3) is 21.8 Å². The van der Waals surface area contributed by atoms with Gasteiger partial charge in [0.05, 0.1) is 35.1 Å². The Hall–Kier alpha value is -6.78. The van der Waals surface area contributed by atoms with Crippen LogP contribution in [-0.2, 0) is 13.2 Å². The molecular weight excluding hydrogens is 652 g/mol. The Labute approximate surface area is 279 Å². The highest BCUT2D eigenvalue weighted by Gasteiger charge is 2.36. The first-order chi connectivity index (χ1) is 24.0. The molecule has 50 heavy (non-hydrogen) atoms. The molecule has 8 N–H and O–H groups in total. The number of rotatable bonds is 6. The van der Waals surface area contributed by atoms with Crippen LogP contribution in [0.1, 0.15) is 66.4 Å². The van der Waals surface area contributed by atoms with Gasteiger partial charge in [0, 0.05) is 56.5 Å². The predicted molar refractivity (Wildman–Crippen MR) is 177 cm³/mol. The number of hydrogen-bond acceptors (Lipinski definition) is 10. The van der Waals surface area contributed by atoms with Crippen LogP contribution in [0.2, 0.25) is 0 Å². The smallest absolute Gasteiger partial charge is 0.293 e. The molecule has 0 bridgehead atoms. The Bertz CT molecular complexity index is 2250. The summed E-state index contributed by atoms with van der Waals surface area (Å²) in [5.74, 6) is -0.583. The van der Waals surface area contributed by atoms with E-state index in [1.54, 1.807) is 24.3 Å². The van der Waals surface area contributed by atoms with Crippen LogP contribution in [0.5, 0.6) is 11.5 Å². The molecule has 0 saturated heterocycles. The van der Waals surface area contributed by atoms with E-state index in [1.807, 2.05) is 0 Å². The molecule has 0 spiro atoms. The summed E-state index contributed by atoms with van der Waals surface area (Å²) in [6.45, 7) is -0.747. The molecule has 16 heteroatoms. The van der Waals surface area contributed by atoms with Gasteiger partial charge in [0.25, 0.3) is 23.2 Å². The number of H-pyrrole nitrogens is 2. The van der Waals surface area contributed by atoms with Crippen molar-refractivity contribution in [3.05, 3.63) is 138 Å². The summed E-state index contributed by atoms with van der Waals surface area (Å²) >= 11 is 0. The Kier molecular flexibility index (Phi) is 7.65. The lowest BCUT2D eigenvalue weighted by atomic mass is 9.95. The van der Waals surface area contributed by atoms with E-state index in [0.29, 0.717) is 55.5 Å². The number of aliphatic hydroxyl groups excluding tert-OH is 2. The molecule has 16 nitrogen and oxygen atoms in total. The second-order valence-corrected chi connectivity index (χ2v) is 11.6. The van der Waals surface area contributed by atoms with Gasteiger partial charge in [-0.05, 0) is 47.5 Å². The van der Waals surface area contributed by atoms with E-state index in [9.17, 15) is 50.2 Å². The van der Waals surface area contributed by atoms with Crippen molar-refractivity contribution in [1.29, 1.82) is 0 Å². The number of nitrogens with one attached hydrogen (secondary N) is 4. The Balaban J connectivity index is 0.000000157. The fourth-order valence-electron chi connectivity index (χ4n) is 6.79. The predicted octanol–water partition coefficient (Wildman–Crippen LogP) is 4.21. The van der Waals surface area contributed by atoms with Crippen molar-refractivity contribution in [2.24, 2.45) is 0 Å². The number of carbonyl (C=O) groups excluding carboxylic acids is 2. The number of fused-ring (bicyclic) bond motifs is 4. The number of phenols is 2. The van der Waals surface area contributed by atoms with Gasteiger partial charge in [0.15, 0.2) is 0 Å². The molecule has 2 aliphatic heterocycles. The van der Waals surface area contributed by atoms with Crippen molar-refractivity contribution >= 4 is 45.0 Å². The molecule has 252 valence electrons. The van der Waals surface area contributed by atoms with Crippen LogP contribution in [0.4, 0.5) is 11.4 Å². The molecule has 2 atom stereocenters. The molecule has 4 aromatic carbocycles. The molecule has 2 amide bonds. The van der Waals surface area contributed by atoms with E-state index >= 15 is 0 Å². The van der Waals surface area contributed by atoms with Crippen LogP contribution < -0.4 is 10.6 Å². The second kappa shape index (κ2) is 12.0. The molecule has 0 fully saturated rings. The van der Waals surface area contributed by atoms with Crippen molar-refractivity contribution in [3.63, 3.8) is 0 Å². The van der Waals surface area contributed by atoms with E-state index in [2.05, 4.69) is 20.6 Å². The first kappa shape index (κ1) is 31.8. The maximum atomic E-state index is 12.2. The van der Waals surface area contributed by atoms with E-state index in [-0.39, 0.29) is 58.9 Å². The number of nitrogens with zero attached hydrogens (tertiary/aromatic N) is 2. The van der Waals surface area contributed by atoms with Gasteiger partial charge in [-0.1, -0.05) is 24.3 Å². The normalized spacial score (nSPS) is 16.0. The molecule has 2 aromatic heterocycles. The standard InChI is InChI=1S/2C17H13N3O5/c2*21-7-12-14(10-2-1-3-13(20(24)25)15(10)18-12)16-11-6-8(22)4-5-9(11)17(23)19-16/h2*1-6,16,18,21-22H,7H2,(H,19,23). The number of carbonyl (C=O) groups is 2. The Morgan fingerprint density at radius 1 is 0.620 bits per heavy atom. The molecule has 0 aliphatic carbocycles. The van der Waals surface area contributed by atoms with Crippen molar-refractivity contribution in [1.82, 2.24) is 20.6 Å². The van der Waals surface area contributed by atoms with E-state index in [0.717, 1.165) is 0 Å². The van der Waals surface area contributed by atoms with Gasteiger partial charge >= 0.3 is 0 Å². The average Bonchev–Trinajstić information content (AvgIpc) is 3.84. The van der Waals surface area contributed by atoms with E-state index < -0.39 is 21.9 Å². The maximum absolute atomic E-state index is 12.2. The largest absolute Gasteiger partial charge is 0.508 e. The minimum atomic E-state index is -0.618. The Morgan fingerprint density at radius 2 is 1.02 bits per heavy atom. The molecule has 2 aliphatic rings. The molecule has 4 heterocycles. The summed E-state index contributed by atoms with van der Waals surface area (Å²) in [5, 5.41) is 68.2. The minimum Gasteiger partial charge on any atom is -0.508 e. The second-order valence-electron chi connectivity index (χ2n) is 11.6. The topological polar surface area (TPSA) is 257 Å². The van der Waals surface area contributed by atoms with Crippen LogP contribution in [0, 0.1) is 20.2 Å². The van der Waals surface area contributed by atoms with Crippen LogP contribution >= 0.6 is 0 Å². The number of non-ortho nitro benzene ring substituents is 2. The fraction of sp³-hybridized carbons (Fsp3) is 0.118. The van der Waals surface area contributed by atoms with Crippen molar-refractivity contribution < 1.29 is 39.9 Å². The molecule has 2 unspecified atom stereocenters. The number of aliphatic hydroxyl groups is 2. The zero-order valence-electron chi connectivity index (χ0n) is 25.6. The number of nitro groups is 2. The zero-order valence-corrected chi connectivity index (χ0v) is 25.6. The minimum absolute atomic E-state index is 0.0108. The summed E-state index contributed by atoms with van der Waals surface area (Å²) in [5.41, 5.74) is 4.19. The highest BCUT2D eigenvalue weighted by molar-refractivity contribution is 6.03. The number of aromatic amines is 2. The lowest BCUT2D eigenvalue weighted by Gasteiger charge is -2.13. The summed E-state index contributed by atoms with van der Waals surface area (Å²) < 4.78 is 0. The lowest BCUT2D eigenvalue weighted by molar-refractivity contribution is -0.383. The lowest BCUT2D eigenvalue weighted by Crippen LogP contribution is -2.20. The van der Waals surface area contributed by atoms with Crippen LogP contribution in [-0.4, -0.2) is 52.1 Å². The summed E-state index contributed by atoms with van der Waals surface area (Å²) in [6.07, 6.45) is 0.